The SMILES string of the molecule is C=C(Nc1cnc(-c2cc(C(F)(F)F)nn2C)s1)c1c(F)cccc1F. The summed E-state index contributed by atoms with van der Waals surface area (Å²) in [5, 5.41) is 6.76. The van der Waals surface area contributed by atoms with Gasteiger partial charge in [0.1, 0.15) is 21.6 Å². The van der Waals surface area contributed by atoms with E-state index in [9.17, 15) is 22.0 Å². The monoisotopic (exact) mass is 386 g/mol. The molecule has 3 rings (SSSR count). The van der Waals surface area contributed by atoms with Crippen molar-refractivity contribution in [2.75, 3.05) is 5.32 Å². The highest BCUT2D eigenvalue weighted by Crippen LogP contribution is 2.35. The number of rotatable bonds is 4. The van der Waals surface area contributed by atoms with Crippen LogP contribution in [0.15, 0.2) is 37.0 Å². The Labute approximate surface area is 148 Å². The maximum absolute atomic E-state index is 13.8. The van der Waals surface area contributed by atoms with Gasteiger partial charge in [-0.1, -0.05) is 24.0 Å². The first-order valence-corrected chi connectivity index (χ1v) is 7.96. The van der Waals surface area contributed by atoms with Gasteiger partial charge in [0.2, 0.25) is 0 Å². The lowest BCUT2D eigenvalue weighted by Gasteiger charge is -2.09. The summed E-state index contributed by atoms with van der Waals surface area (Å²) in [5.41, 5.74) is -1.21. The normalized spacial score (nSPS) is 11.6. The smallest absolute Gasteiger partial charge is 0.346 e. The molecule has 0 saturated carbocycles. The van der Waals surface area contributed by atoms with E-state index in [1.807, 2.05) is 0 Å². The number of aromatic nitrogens is 3. The van der Waals surface area contributed by atoms with Crippen molar-refractivity contribution < 1.29 is 22.0 Å². The zero-order chi connectivity index (χ0) is 19.1. The Balaban J connectivity index is 1.85. The van der Waals surface area contributed by atoms with Crippen LogP contribution in [-0.4, -0.2) is 14.8 Å². The van der Waals surface area contributed by atoms with Crippen LogP contribution in [0.1, 0.15) is 11.3 Å². The molecule has 0 radical (unpaired) electrons. The molecule has 0 saturated heterocycles. The number of aryl methyl sites for hydroxylation is 1. The molecule has 26 heavy (non-hydrogen) atoms. The van der Waals surface area contributed by atoms with Crippen LogP contribution in [0.5, 0.6) is 0 Å². The van der Waals surface area contributed by atoms with Crippen LogP contribution in [0.25, 0.3) is 16.4 Å². The molecule has 10 heteroatoms. The largest absolute Gasteiger partial charge is 0.435 e. The number of halogens is 5. The topological polar surface area (TPSA) is 42.7 Å². The quantitative estimate of drug-likeness (QED) is 0.647. The molecule has 0 aliphatic rings. The molecule has 2 heterocycles. The van der Waals surface area contributed by atoms with Crippen LogP contribution in [0.2, 0.25) is 0 Å². The lowest BCUT2D eigenvalue weighted by molar-refractivity contribution is -0.141. The minimum Gasteiger partial charge on any atom is -0.346 e. The van der Waals surface area contributed by atoms with Gasteiger partial charge in [0.15, 0.2) is 5.69 Å². The standard InChI is InChI=1S/C16H11F5N4S/c1-8(14-9(17)4-3-5-10(14)18)23-13-7-22-15(26-13)11-6-12(16(19,20)21)24-25(11)2/h3-7,23H,1H2,2H3. The number of hydrogen-bond donors (Lipinski definition) is 1. The first-order valence-electron chi connectivity index (χ1n) is 7.14. The number of benzene rings is 1. The fraction of sp³-hybridized carbons (Fsp3) is 0.125. The fourth-order valence-electron chi connectivity index (χ4n) is 2.25. The fourth-order valence-corrected chi connectivity index (χ4v) is 3.14. The number of hydrogen-bond acceptors (Lipinski definition) is 4. The summed E-state index contributed by atoms with van der Waals surface area (Å²) in [5.74, 6) is -1.57. The van der Waals surface area contributed by atoms with Crippen molar-refractivity contribution in [2.24, 2.45) is 7.05 Å². The third-order valence-electron chi connectivity index (χ3n) is 3.43. The van der Waals surface area contributed by atoms with E-state index in [2.05, 4.69) is 22.0 Å². The molecule has 2 aromatic heterocycles. The van der Waals surface area contributed by atoms with E-state index in [4.69, 9.17) is 0 Å². The molecule has 3 aromatic rings. The molecule has 1 N–H and O–H groups in total. The van der Waals surface area contributed by atoms with Crippen molar-refractivity contribution in [2.45, 2.75) is 6.18 Å². The maximum atomic E-state index is 13.8. The van der Waals surface area contributed by atoms with Crippen molar-refractivity contribution in [3.63, 3.8) is 0 Å². The van der Waals surface area contributed by atoms with Crippen LogP contribution >= 0.6 is 11.3 Å². The summed E-state index contributed by atoms with van der Waals surface area (Å²) < 4.78 is 66.9. The highest BCUT2D eigenvalue weighted by molar-refractivity contribution is 7.19. The third-order valence-corrected chi connectivity index (χ3v) is 4.37. The Morgan fingerprint density at radius 2 is 1.88 bits per heavy atom. The molecule has 0 fully saturated rings. The van der Waals surface area contributed by atoms with Crippen LogP contribution < -0.4 is 5.32 Å². The lowest BCUT2D eigenvalue weighted by Crippen LogP contribution is -2.06. The second-order valence-corrected chi connectivity index (χ2v) is 6.30. The summed E-state index contributed by atoms with van der Waals surface area (Å²) in [4.78, 5) is 4.03. The minimum atomic E-state index is -4.56. The van der Waals surface area contributed by atoms with E-state index >= 15 is 0 Å². The minimum absolute atomic E-state index is 0.0308. The van der Waals surface area contributed by atoms with Gasteiger partial charge in [0.25, 0.3) is 0 Å². The van der Waals surface area contributed by atoms with Gasteiger partial charge in [-0.3, -0.25) is 4.68 Å². The molecule has 0 atom stereocenters. The molecule has 0 amide bonds. The third kappa shape index (κ3) is 3.45. The summed E-state index contributed by atoms with van der Waals surface area (Å²) in [6.45, 7) is 3.60. The summed E-state index contributed by atoms with van der Waals surface area (Å²) in [6, 6.07) is 4.30. The first kappa shape index (κ1) is 18.1. The molecule has 0 aliphatic carbocycles. The van der Waals surface area contributed by atoms with Gasteiger partial charge in [-0.15, -0.1) is 0 Å². The molecule has 0 bridgehead atoms. The molecule has 4 nitrogen and oxygen atoms in total. The molecular weight excluding hydrogens is 375 g/mol. The summed E-state index contributed by atoms with van der Waals surface area (Å²) in [7, 11) is 1.37. The highest BCUT2D eigenvalue weighted by Gasteiger charge is 2.35. The Kier molecular flexibility index (Phi) is 4.53. The van der Waals surface area contributed by atoms with Crippen molar-refractivity contribution in [1.82, 2.24) is 14.8 Å². The van der Waals surface area contributed by atoms with E-state index in [1.165, 1.54) is 19.3 Å². The van der Waals surface area contributed by atoms with Crippen LogP contribution in [0.4, 0.5) is 27.0 Å². The number of nitrogens with zero attached hydrogens (tertiary/aromatic N) is 3. The Morgan fingerprint density at radius 3 is 2.46 bits per heavy atom. The van der Waals surface area contributed by atoms with E-state index in [1.54, 1.807) is 0 Å². The summed E-state index contributed by atoms with van der Waals surface area (Å²) >= 11 is 1.00. The average molecular weight is 386 g/mol. The highest BCUT2D eigenvalue weighted by atomic mass is 32.1. The van der Waals surface area contributed by atoms with Crippen molar-refractivity contribution >= 4 is 22.0 Å². The summed E-state index contributed by atoms with van der Waals surface area (Å²) in [6.07, 6.45) is -3.23. The van der Waals surface area contributed by atoms with Crippen LogP contribution in [0, 0.1) is 11.6 Å². The average Bonchev–Trinajstić information content (AvgIpc) is 3.13. The Morgan fingerprint density at radius 1 is 1.23 bits per heavy atom. The first-order chi connectivity index (χ1) is 12.2. The van der Waals surface area contributed by atoms with E-state index in [0.29, 0.717) is 5.00 Å². The van der Waals surface area contributed by atoms with Crippen molar-refractivity contribution in [3.05, 3.63) is 59.9 Å². The second kappa shape index (κ2) is 6.52. The maximum Gasteiger partial charge on any atom is 0.435 e. The molecule has 0 spiro atoms. The predicted molar refractivity (Wildman–Crippen MR) is 88.3 cm³/mol. The van der Waals surface area contributed by atoms with E-state index < -0.39 is 23.5 Å². The number of thiazole rings is 1. The van der Waals surface area contributed by atoms with Gasteiger partial charge in [-0.2, -0.15) is 18.3 Å². The van der Waals surface area contributed by atoms with Crippen molar-refractivity contribution in [3.8, 4) is 10.7 Å². The molecule has 0 unspecified atom stereocenters. The van der Waals surface area contributed by atoms with Gasteiger partial charge in [-0.25, -0.2) is 13.8 Å². The molecular formula is C16H11F5N4S. The Hall–Kier alpha value is -2.75. The van der Waals surface area contributed by atoms with Gasteiger partial charge in [-0.05, 0) is 18.2 Å². The Bertz CT molecular complexity index is 953. The van der Waals surface area contributed by atoms with Gasteiger partial charge in [0, 0.05) is 12.7 Å². The number of nitrogens with one attached hydrogen (secondary N) is 1. The van der Waals surface area contributed by atoms with Gasteiger partial charge >= 0.3 is 6.18 Å². The molecule has 136 valence electrons. The zero-order valence-corrected chi connectivity index (χ0v) is 14.1. The van der Waals surface area contributed by atoms with Crippen LogP contribution in [0.3, 0.4) is 0 Å². The van der Waals surface area contributed by atoms with Crippen LogP contribution in [-0.2, 0) is 13.2 Å². The number of anilines is 1. The second-order valence-electron chi connectivity index (χ2n) is 5.27. The predicted octanol–water partition coefficient (Wildman–Crippen LogP) is 4.92. The lowest BCUT2D eigenvalue weighted by atomic mass is 10.1. The molecule has 0 aliphatic heterocycles. The van der Waals surface area contributed by atoms with Gasteiger partial charge < -0.3 is 5.32 Å². The van der Waals surface area contributed by atoms with Crippen molar-refractivity contribution in [1.29, 1.82) is 0 Å². The number of alkyl halides is 3. The zero-order valence-electron chi connectivity index (χ0n) is 13.2. The van der Waals surface area contributed by atoms with E-state index in [-0.39, 0.29) is 22.0 Å². The molecule has 1 aromatic carbocycles. The van der Waals surface area contributed by atoms with Gasteiger partial charge in [0.05, 0.1) is 17.5 Å². The van der Waals surface area contributed by atoms with E-state index in [0.717, 1.165) is 34.2 Å².